The number of benzene rings is 1. The maximum Gasteiger partial charge on any atom is 0.257 e. The van der Waals surface area contributed by atoms with Crippen LogP contribution in [-0.4, -0.2) is 44.9 Å². The van der Waals surface area contributed by atoms with Gasteiger partial charge in [0.25, 0.3) is 5.91 Å². The van der Waals surface area contributed by atoms with Gasteiger partial charge in [0, 0.05) is 18.5 Å². The summed E-state index contributed by atoms with van der Waals surface area (Å²) in [6.07, 6.45) is 3.32. The smallest absolute Gasteiger partial charge is 0.257 e. The first-order valence-corrected chi connectivity index (χ1v) is 8.10. The quantitative estimate of drug-likeness (QED) is 0.924. The van der Waals surface area contributed by atoms with E-state index < -0.39 is 0 Å². The fourth-order valence-corrected chi connectivity index (χ4v) is 3.59. The summed E-state index contributed by atoms with van der Waals surface area (Å²) in [6.45, 7) is 5.06. The van der Waals surface area contributed by atoms with E-state index in [1.54, 1.807) is 11.1 Å². The van der Waals surface area contributed by atoms with E-state index in [9.17, 15) is 9.90 Å². The fourth-order valence-electron chi connectivity index (χ4n) is 3.59. The lowest BCUT2D eigenvalue weighted by atomic mass is 10.0. The maximum absolute atomic E-state index is 12.8. The van der Waals surface area contributed by atoms with Crippen molar-refractivity contribution >= 4 is 5.91 Å². The van der Waals surface area contributed by atoms with Crippen LogP contribution in [0.1, 0.15) is 34.5 Å². The van der Waals surface area contributed by atoms with Gasteiger partial charge in [0.15, 0.2) is 0 Å². The third-order valence-electron chi connectivity index (χ3n) is 5.37. The number of aliphatic hydroxyl groups is 1. The molecule has 1 unspecified atom stereocenters. The standard InChI is InChI=1S/C18H21N3O2/c1-12-5-3-4-6-15(12)21-13(2)14(9-19-21)17(23)20-10-16(22)18(11-20)7-8-18/h3-6,9,16,22H,7-8,10-11H2,1-2H3. The molecule has 2 aromatic rings. The van der Waals surface area contributed by atoms with Gasteiger partial charge in [-0.15, -0.1) is 0 Å². The third kappa shape index (κ3) is 2.18. The fraction of sp³-hybridized carbons (Fsp3) is 0.444. The second-order valence-corrected chi connectivity index (χ2v) is 6.91. The molecule has 1 aliphatic carbocycles. The summed E-state index contributed by atoms with van der Waals surface area (Å²) in [7, 11) is 0. The van der Waals surface area contributed by atoms with Gasteiger partial charge in [-0.05, 0) is 38.3 Å². The van der Waals surface area contributed by atoms with Gasteiger partial charge in [-0.1, -0.05) is 18.2 Å². The molecule has 4 rings (SSSR count). The van der Waals surface area contributed by atoms with Crippen LogP contribution in [0.3, 0.4) is 0 Å². The molecule has 0 radical (unpaired) electrons. The number of hydrogen-bond donors (Lipinski definition) is 1. The first-order valence-electron chi connectivity index (χ1n) is 8.10. The molecular weight excluding hydrogens is 290 g/mol. The van der Waals surface area contributed by atoms with Crippen molar-refractivity contribution in [1.82, 2.24) is 14.7 Å². The minimum Gasteiger partial charge on any atom is -0.391 e. The molecule has 1 atom stereocenters. The number of aromatic nitrogens is 2. The summed E-state index contributed by atoms with van der Waals surface area (Å²) in [4.78, 5) is 14.6. The highest BCUT2D eigenvalue weighted by Gasteiger charge is 2.55. The number of rotatable bonds is 2. The number of likely N-dealkylation sites (tertiary alicyclic amines) is 1. The average molecular weight is 311 g/mol. The SMILES string of the molecule is Cc1ccccc1-n1ncc(C(=O)N2CC(O)C3(CC3)C2)c1C. The summed E-state index contributed by atoms with van der Waals surface area (Å²) in [5, 5.41) is 14.6. The Morgan fingerprint density at radius 2 is 2.04 bits per heavy atom. The summed E-state index contributed by atoms with van der Waals surface area (Å²) < 4.78 is 1.82. The second-order valence-electron chi connectivity index (χ2n) is 6.91. The monoisotopic (exact) mass is 311 g/mol. The van der Waals surface area contributed by atoms with Crippen molar-refractivity contribution in [2.45, 2.75) is 32.8 Å². The minimum absolute atomic E-state index is 0.0183. The van der Waals surface area contributed by atoms with E-state index in [0.717, 1.165) is 29.8 Å². The second kappa shape index (κ2) is 4.93. The van der Waals surface area contributed by atoms with Gasteiger partial charge in [0.1, 0.15) is 0 Å². The van der Waals surface area contributed by atoms with Crippen LogP contribution in [0.4, 0.5) is 0 Å². The van der Waals surface area contributed by atoms with E-state index >= 15 is 0 Å². The zero-order chi connectivity index (χ0) is 16.2. The van der Waals surface area contributed by atoms with Crippen molar-refractivity contribution in [3.8, 4) is 5.69 Å². The van der Waals surface area contributed by atoms with Crippen LogP contribution in [-0.2, 0) is 0 Å². The molecule has 23 heavy (non-hydrogen) atoms. The van der Waals surface area contributed by atoms with Gasteiger partial charge < -0.3 is 10.0 Å². The maximum atomic E-state index is 12.8. The molecule has 2 heterocycles. The van der Waals surface area contributed by atoms with E-state index in [2.05, 4.69) is 5.10 Å². The van der Waals surface area contributed by atoms with Gasteiger partial charge in [0.05, 0.1) is 29.2 Å². The highest BCUT2D eigenvalue weighted by Crippen LogP contribution is 2.52. The van der Waals surface area contributed by atoms with Crippen molar-refractivity contribution in [2.24, 2.45) is 5.41 Å². The number of para-hydroxylation sites is 1. The number of aryl methyl sites for hydroxylation is 1. The Hall–Kier alpha value is -2.14. The van der Waals surface area contributed by atoms with Crippen LogP contribution in [0.15, 0.2) is 30.5 Å². The lowest BCUT2D eigenvalue weighted by Gasteiger charge is -2.16. The molecule has 5 nitrogen and oxygen atoms in total. The normalized spacial score (nSPS) is 21.9. The highest BCUT2D eigenvalue weighted by atomic mass is 16.3. The molecule has 1 N–H and O–H groups in total. The molecule has 2 aliphatic rings. The molecule has 2 fully saturated rings. The van der Waals surface area contributed by atoms with E-state index in [-0.39, 0.29) is 17.4 Å². The molecule has 1 aromatic carbocycles. The predicted octanol–water partition coefficient (Wildman–Crippen LogP) is 2.09. The number of hydrogen-bond acceptors (Lipinski definition) is 3. The van der Waals surface area contributed by atoms with Crippen LogP contribution in [0, 0.1) is 19.3 Å². The van der Waals surface area contributed by atoms with Crippen molar-refractivity contribution in [1.29, 1.82) is 0 Å². The van der Waals surface area contributed by atoms with Crippen molar-refractivity contribution < 1.29 is 9.90 Å². The van der Waals surface area contributed by atoms with Gasteiger partial charge in [0.2, 0.25) is 0 Å². The Kier molecular flexibility index (Phi) is 3.10. The summed E-state index contributed by atoms with van der Waals surface area (Å²) in [6, 6.07) is 8.00. The van der Waals surface area contributed by atoms with Crippen molar-refractivity contribution in [3.05, 3.63) is 47.3 Å². The minimum atomic E-state index is -0.377. The third-order valence-corrected chi connectivity index (χ3v) is 5.37. The predicted molar refractivity (Wildman–Crippen MR) is 86.6 cm³/mol. The summed E-state index contributed by atoms with van der Waals surface area (Å²) in [5.74, 6) is -0.0230. The van der Waals surface area contributed by atoms with E-state index in [1.807, 2.05) is 42.8 Å². The number of β-amino-alcohol motifs (C(OH)–C–C–N with tert-alkyl or cyclic N) is 1. The van der Waals surface area contributed by atoms with Crippen molar-refractivity contribution in [3.63, 3.8) is 0 Å². The van der Waals surface area contributed by atoms with Gasteiger partial charge in [-0.3, -0.25) is 4.79 Å². The van der Waals surface area contributed by atoms with E-state index in [1.165, 1.54) is 0 Å². The molecule has 1 saturated heterocycles. The molecule has 1 spiro atoms. The number of aliphatic hydroxyl groups excluding tert-OH is 1. The Bertz CT molecular complexity index is 776. The van der Waals surface area contributed by atoms with Crippen LogP contribution < -0.4 is 0 Å². The van der Waals surface area contributed by atoms with Crippen LogP contribution in [0.2, 0.25) is 0 Å². The Balaban J connectivity index is 1.64. The summed E-state index contributed by atoms with van der Waals surface area (Å²) >= 11 is 0. The largest absolute Gasteiger partial charge is 0.391 e. The number of amides is 1. The van der Waals surface area contributed by atoms with Crippen LogP contribution in [0.25, 0.3) is 5.69 Å². The lowest BCUT2D eigenvalue weighted by molar-refractivity contribution is 0.0763. The van der Waals surface area contributed by atoms with Gasteiger partial charge >= 0.3 is 0 Å². The molecule has 1 aromatic heterocycles. The van der Waals surface area contributed by atoms with Gasteiger partial charge in [-0.25, -0.2) is 4.68 Å². The number of carbonyl (C=O) groups is 1. The molecule has 0 bridgehead atoms. The van der Waals surface area contributed by atoms with E-state index in [4.69, 9.17) is 0 Å². The zero-order valence-corrected chi connectivity index (χ0v) is 13.5. The zero-order valence-electron chi connectivity index (χ0n) is 13.5. The topological polar surface area (TPSA) is 58.4 Å². The Labute approximate surface area is 135 Å². The lowest BCUT2D eigenvalue weighted by Crippen LogP contribution is -2.30. The first-order chi connectivity index (χ1) is 11.0. The molecular formula is C18H21N3O2. The van der Waals surface area contributed by atoms with Crippen LogP contribution in [0.5, 0.6) is 0 Å². The highest BCUT2D eigenvalue weighted by molar-refractivity contribution is 5.95. The number of carbonyl (C=O) groups excluding carboxylic acids is 1. The first kappa shape index (κ1) is 14.5. The average Bonchev–Trinajstić information content (AvgIpc) is 3.11. The summed E-state index contributed by atoms with van der Waals surface area (Å²) in [5.41, 5.74) is 3.55. The molecule has 1 aliphatic heterocycles. The molecule has 1 saturated carbocycles. The number of nitrogens with zero attached hydrogens (tertiary/aromatic N) is 3. The molecule has 1 amide bonds. The van der Waals surface area contributed by atoms with Crippen molar-refractivity contribution in [2.75, 3.05) is 13.1 Å². The van der Waals surface area contributed by atoms with Crippen LogP contribution >= 0.6 is 0 Å². The Morgan fingerprint density at radius 3 is 2.70 bits per heavy atom. The molecule has 5 heteroatoms. The Morgan fingerprint density at radius 1 is 1.30 bits per heavy atom. The molecule has 120 valence electrons. The van der Waals surface area contributed by atoms with Gasteiger partial charge in [-0.2, -0.15) is 5.10 Å². The van der Waals surface area contributed by atoms with E-state index in [0.29, 0.717) is 18.7 Å².